The zero-order valence-electron chi connectivity index (χ0n) is 9.98. The molecule has 0 aromatic carbocycles. The summed E-state index contributed by atoms with van der Waals surface area (Å²) in [5.74, 6) is 0.238. The van der Waals surface area contributed by atoms with Crippen molar-refractivity contribution in [2.45, 2.75) is 32.6 Å². The van der Waals surface area contributed by atoms with Gasteiger partial charge in [0.15, 0.2) is 0 Å². The Bertz CT molecular complexity index is 280. The van der Waals surface area contributed by atoms with Crippen LogP contribution in [-0.4, -0.2) is 31.1 Å². The second-order valence-electron chi connectivity index (χ2n) is 3.87. The van der Waals surface area contributed by atoms with E-state index in [9.17, 15) is 0 Å². The fourth-order valence-electron chi connectivity index (χ4n) is 1.61. The summed E-state index contributed by atoms with van der Waals surface area (Å²) in [4.78, 5) is 4.15. The molecule has 90 valence electrons. The van der Waals surface area contributed by atoms with Crippen LogP contribution in [0, 0.1) is 0 Å². The third-order valence-electron chi connectivity index (χ3n) is 2.57. The third kappa shape index (κ3) is 5.71. The van der Waals surface area contributed by atoms with Crippen LogP contribution in [-0.2, 0) is 4.74 Å². The first-order chi connectivity index (χ1) is 7.83. The highest BCUT2D eigenvalue weighted by atomic mass is 16.5. The quantitative estimate of drug-likeness (QED) is 0.337. The number of hydrogen-bond donors (Lipinski definition) is 1. The number of aliphatic imine (C=N–C) groups is 1. The third-order valence-corrected chi connectivity index (χ3v) is 2.57. The molecule has 0 aliphatic carbocycles. The van der Waals surface area contributed by atoms with Crippen molar-refractivity contribution in [2.75, 3.05) is 19.8 Å². The second-order valence-corrected chi connectivity index (χ2v) is 3.87. The normalized spacial score (nSPS) is 18.6. The average molecular weight is 223 g/mol. The minimum absolute atomic E-state index is 0.238. The fraction of sp³-hybridized carbons (Fsp3) is 0.615. The fourth-order valence-corrected chi connectivity index (χ4v) is 1.61. The Kier molecular flexibility index (Phi) is 6.58. The highest BCUT2D eigenvalue weighted by Crippen LogP contribution is 2.14. The lowest BCUT2D eigenvalue weighted by atomic mass is 10.1. The lowest BCUT2D eigenvalue weighted by molar-refractivity contribution is 0.146. The highest BCUT2D eigenvalue weighted by Gasteiger charge is 2.01. The number of hydrogen-bond acceptors (Lipinski definition) is 3. The van der Waals surface area contributed by atoms with E-state index in [1.54, 1.807) is 13.0 Å². The summed E-state index contributed by atoms with van der Waals surface area (Å²) in [7, 11) is 0. The van der Waals surface area contributed by atoms with Crippen LogP contribution in [0.15, 0.2) is 28.5 Å². The van der Waals surface area contributed by atoms with Gasteiger partial charge in [-0.3, -0.25) is 4.99 Å². The van der Waals surface area contributed by atoms with E-state index in [-0.39, 0.29) is 5.76 Å². The summed E-state index contributed by atoms with van der Waals surface area (Å²) in [6, 6.07) is 0. The second kappa shape index (κ2) is 8.11. The number of aliphatic hydroxyl groups excluding tert-OH is 1. The monoisotopic (exact) mass is 223 g/mol. The van der Waals surface area contributed by atoms with Crippen molar-refractivity contribution in [3.8, 4) is 0 Å². The maximum atomic E-state index is 9.13. The predicted octanol–water partition coefficient (Wildman–Crippen LogP) is 3.04. The molecule has 1 aliphatic rings. The first kappa shape index (κ1) is 13.0. The molecule has 0 amide bonds. The van der Waals surface area contributed by atoms with E-state index >= 15 is 0 Å². The predicted molar refractivity (Wildman–Crippen MR) is 67.1 cm³/mol. The van der Waals surface area contributed by atoms with Gasteiger partial charge in [0.25, 0.3) is 0 Å². The van der Waals surface area contributed by atoms with Gasteiger partial charge in [-0.15, -0.1) is 0 Å². The summed E-state index contributed by atoms with van der Waals surface area (Å²) in [6.45, 7) is 4.28. The van der Waals surface area contributed by atoms with E-state index in [2.05, 4.69) is 11.1 Å². The minimum atomic E-state index is 0.238. The Labute approximate surface area is 97.5 Å². The van der Waals surface area contributed by atoms with Crippen LogP contribution < -0.4 is 0 Å². The molecule has 0 atom stereocenters. The number of nitrogens with zero attached hydrogens (tertiary/aromatic N) is 1. The van der Waals surface area contributed by atoms with Crippen LogP contribution in [0.3, 0.4) is 0 Å². The molecular formula is C13H21NO2. The van der Waals surface area contributed by atoms with Crippen LogP contribution >= 0.6 is 0 Å². The zero-order valence-corrected chi connectivity index (χ0v) is 9.98. The zero-order chi connectivity index (χ0) is 11.6. The van der Waals surface area contributed by atoms with Crippen molar-refractivity contribution in [2.24, 2.45) is 4.99 Å². The van der Waals surface area contributed by atoms with Crippen molar-refractivity contribution < 1.29 is 9.84 Å². The number of allylic oxidation sites excluding steroid dienone is 2. The summed E-state index contributed by atoms with van der Waals surface area (Å²) in [5, 5.41) is 9.13. The maximum absolute atomic E-state index is 9.13. The van der Waals surface area contributed by atoms with Crippen molar-refractivity contribution in [1.82, 2.24) is 0 Å². The topological polar surface area (TPSA) is 41.8 Å². The van der Waals surface area contributed by atoms with Gasteiger partial charge in [-0.05, 0) is 38.7 Å². The van der Waals surface area contributed by atoms with Crippen molar-refractivity contribution in [3.05, 3.63) is 23.5 Å². The highest BCUT2D eigenvalue weighted by molar-refractivity contribution is 5.74. The summed E-state index contributed by atoms with van der Waals surface area (Å²) < 4.78 is 5.38. The van der Waals surface area contributed by atoms with Gasteiger partial charge in [0.05, 0.1) is 19.4 Å². The van der Waals surface area contributed by atoms with Crippen LogP contribution in [0.1, 0.15) is 32.6 Å². The Balaban J connectivity index is 2.15. The minimum Gasteiger partial charge on any atom is -0.507 e. The van der Waals surface area contributed by atoms with Crippen molar-refractivity contribution in [3.63, 3.8) is 0 Å². The molecule has 0 saturated carbocycles. The molecule has 0 spiro atoms. The molecule has 0 radical (unpaired) electrons. The molecule has 0 fully saturated rings. The molecule has 1 heterocycles. The molecule has 0 unspecified atom stereocenters. The van der Waals surface area contributed by atoms with E-state index in [1.165, 1.54) is 11.8 Å². The van der Waals surface area contributed by atoms with E-state index in [1.807, 2.05) is 0 Å². The molecule has 0 bridgehead atoms. The summed E-state index contributed by atoms with van der Waals surface area (Å²) in [6.07, 6.45) is 9.68. The van der Waals surface area contributed by atoms with E-state index < -0.39 is 0 Å². The van der Waals surface area contributed by atoms with Crippen LogP contribution in [0.25, 0.3) is 0 Å². The molecular weight excluding hydrogens is 202 g/mol. The Morgan fingerprint density at radius 3 is 3.25 bits per heavy atom. The molecule has 16 heavy (non-hydrogen) atoms. The Morgan fingerprint density at radius 2 is 2.44 bits per heavy atom. The van der Waals surface area contributed by atoms with Crippen LogP contribution in [0.4, 0.5) is 0 Å². The van der Waals surface area contributed by atoms with E-state index in [0.717, 1.165) is 45.4 Å². The summed E-state index contributed by atoms with van der Waals surface area (Å²) >= 11 is 0. The standard InChI is InChI=1S/C13H21NO2/c1-2-13(15)11-14-8-3-5-12-6-4-9-16-10-7-12/h2,6,11,15H,3-5,7-10H2,1H3/b13-2+,14-11?. The van der Waals surface area contributed by atoms with Gasteiger partial charge in [0, 0.05) is 6.54 Å². The van der Waals surface area contributed by atoms with Gasteiger partial charge in [0.2, 0.25) is 0 Å². The number of rotatable bonds is 5. The molecule has 3 heteroatoms. The molecule has 3 nitrogen and oxygen atoms in total. The number of ether oxygens (including phenoxy) is 1. The maximum Gasteiger partial charge on any atom is 0.129 e. The molecule has 1 N–H and O–H groups in total. The lowest BCUT2D eigenvalue weighted by Gasteiger charge is -2.02. The lowest BCUT2D eigenvalue weighted by Crippen LogP contribution is -1.93. The van der Waals surface area contributed by atoms with Gasteiger partial charge in [-0.2, -0.15) is 0 Å². The first-order valence-corrected chi connectivity index (χ1v) is 5.93. The Hall–Kier alpha value is -1.09. The molecule has 1 aliphatic heterocycles. The molecule has 0 saturated heterocycles. The largest absolute Gasteiger partial charge is 0.507 e. The summed E-state index contributed by atoms with van der Waals surface area (Å²) in [5.41, 5.74) is 1.49. The van der Waals surface area contributed by atoms with E-state index in [0.29, 0.717) is 0 Å². The van der Waals surface area contributed by atoms with E-state index in [4.69, 9.17) is 9.84 Å². The van der Waals surface area contributed by atoms with Crippen molar-refractivity contribution in [1.29, 1.82) is 0 Å². The molecule has 1 rings (SSSR count). The van der Waals surface area contributed by atoms with Crippen LogP contribution in [0.5, 0.6) is 0 Å². The number of aliphatic hydroxyl groups is 1. The van der Waals surface area contributed by atoms with Crippen LogP contribution in [0.2, 0.25) is 0 Å². The van der Waals surface area contributed by atoms with Gasteiger partial charge >= 0.3 is 0 Å². The smallest absolute Gasteiger partial charge is 0.129 e. The van der Waals surface area contributed by atoms with Gasteiger partial charge in [0.1, 0.15) is 5.76 Å². The van der Waals surface area contributed by atoms with Gasteiger partial charge in [-0.1, -0.05) is 11.6 Å². The Morgan fingerprint density at radius 1 is 1.56 bits per heavy atom. The average Bonchev–Trinajstić information content (AvgIpc) is 2.57. The SMILES string of the molecule is C/C=C(/O)C=NCCCC1=CCCOCC1. The van der Waals surface area contributed by atoms with Crippen molar-refractivity contribution >= 4 is 6.21 Å². The van der Waals surface area contributed by atoms with Gasteiger partial charge in [-0.25, -0.2) is 0 Å². The van der Waals surface area contributed by atoms with Gasteiger partial charge < -0.3 is 9.84 Å². The molecule has 0 aromatic heterocycles. The first-order valence-electron chi connectivity index (χ1n) is 5.93. The molecule has 0 aromatic rings.